The van der Waals surface area contributed by atoms with E-state index in [4.69, 9.17) is 17.1 Å². The molecule has 3 nitrogen and oxygen atoms in total. The quantitative estimate of drug-likeness (QED) is 0.795. The molecule has 0 atom stereocenters. The van der Waals surface area contributed by atoms with E-state index in [2.05, 4.69) is 4.99 Å². The fraction of sp³-hybridized carbons (Fsp3) is 0.125. The Morgan fingerprint density at radius 1 is 1.33 bits per heavy atom. The Morgan fingerprint density at radius 3 is 2.90 bits per heavy atom. The molecule has 106 valence electrons. The number of halogens is 2. The Labute approximate surface area is 132 Å². The molecule has 0 saturated carbocycles. The van der Waals surface area contributed by atoms with E-state index in [0.717, 1.165) is 0 Å². The normalized spacial score (nSPS) is 17.2. The summed E-state index contributed by atoms with van der Waals surface area (Å²) in [4.78, 5) is 17.6. The number of amides is 1. The lowest BCUT2D eigenvalue weighted by Gasteiger charge is -2.18. The van der Waals surface area contributed by atoms with Crippen molar-refractivity contribution in [2.45, 2.75) is 0 Å². The molecule has 0 bridgehead atoms. The molecule has 2 aromatic rings. The van der Waals surface area contributed by atoms with Crippen LogP contribution >= 0.6 is 11.6 Å². The van der Waals surface area contributed by atoms with Crippen LogP contribution < -0.4 is 4.90 Å². The van der Waals surface area contributed by atoms with Crippen molar-refractivity contribution < 1.29 is 14.7 Å². The predicted molar refractivity (Wildman–Crippen MR) is 81.8 cm³/mol. The molecule has 0 aromatic heterocycles. The number of likely N-dealkylation sites (N-methyl/N-ethyl adjacent to an activating group) is 1. The van der Waals surface area contributed by atoms with Crippen LogP contribution in [0.4, 0.5) is 10.1 Å². The molecule has 3 rings (SSSR count). The van der Waals surface area contributed by atoms with Gasteiger partial charge in [0.15, 0.2) is 0 Å². The number of anilines is 1. The van der Waals surface area contributed by atoms with Crippen molar-refractivity contribution in [1.82, 2.24) is 0 Å². The molecule has 0 fully saturated rings. The van der Waals surface area contributed by atoms with Gasteiger partial charge in [-0.3, -0.25) is 9.79 Å². The first-order chi connectivity index (χ1) is 11.7. The number of benzene rings is 2. The van der Waals surface area contributed by atoms with Crippen molar-refractivity contribution in [1.29, 1.82) is 0 Å². The van der Waals surface area contributed by atoms with Gasteiger partial charge >= 0.3 is 0 Å². The lowest BCUT2D eigenvalue weighted by molar-refractivity contribution is -0.116. The fourth-order valence-electron chi connectivity index (χ4n) is 2.14. The molecule has 0 unspecified atom stereocenters. The molecule has 5 heteroatoms. The Hall–Kier alpha value is -2.20. The second-order valence-electron chi connectivity index (χ2n) is 4.47. The maximum atomic E-state index is 14.7. The molecule has 0 N–H and O–H groups in total. The number of rotatable bonds is 1. The average molecular weight is 307 g/mol. The van der Waals surface area contributed by atoms with Crippen molar-refractivity contribution in [3.63, 3.8) is 0 Å². The zero-order valence-electron chi connectivity index (χ0n) is 15.0. The number of carbonyl (C=O) groups excluding carboxylic acids is 1. The monoisotopic (exact) mass is 306 g/mol. The molecule has 1 aliphatic rings. The van der Waals surface area contributed by atoms with Crippen LogP contribution in [0.2, 0.25) is 5.02 Å². The van der Waals surface area contributed by atoms with E-state index in [9.17, 15) is 9.18 Å². The molecule has 2 aromatic carbocycles. The highest BCUT2D eigenvalue weighted by molar-refractivity contribution is 6.32. The molecule has 0 spiro atoms. The van der Waals surface area contributed by atoms with Crippen molar-refractivity contribution >= 4 is 28.9 Å². The summed E-state index contributed by atoms with van der Waals surface area (Å²) >= 11 is 6.03. The van der Waals surface area contributed by atoms with E-state index in [0.29, 0.717) is 16.3 Å². The number of fused-ring (bicyclic) bond motifs is 1. The van der Waals surface area contributed by atoms with Gasteiger partial charge in [-0.1, -0.05) is 23.7 Å². The van der Waals surface area contributed by atoms with Crippen molar-refractivity contribution in [3.8, 4) is 0 Å². The number of hydrogen-bond acceptors (Lipinski definition) is 2. The lowest BCUT2D eigenvalue weighted by Crippen LogP contribution is -2.27. The maximum absolute atomic E-state index is 14.7. The molecule has 21 heavy (non-hydrogen) atoms. The first-order valence-electron chi connectivity index (χ1n) is 8.11. The number of nitrogens with zero attached hydrogens (tertiary/aromatic N) is 2. The van der Waals surface area contributed by atoms with E-state index in [-0.39, 0.29) is 23.7 Å². The highest BCUT2D eigenvalue weighted by Gasteiger charge is 2.23. The van der Waals surface area contributed by atoms with Crippen LogP contribution in [0, 0.1) is 5.82 Å². The molecular formula is C16H12ClFN2O. The Bertz CT molecular complexity index is 919. The van der Waals surface area contributed by atoms with Gasteiger partial charge in [0, 0.05) is 23.2 Å². The third-order valence-electron chi connectivity index (χ3n) is 3.20. The second-order valence-corrected chi connectivity index (χ2v) is 4.90. The summed E-state index contributed by atoms with van der Waals surface area (Å²) in [6.45, 7) is -0.277. The molecule has 1 heterocycles. The smallest absolute Gasteiger partial charge is 0.248 e. The summed E-state index contributed by atoms with van der Waals surface area (Å²) < 4.78 is 45.7. The third-order valence-corrected chi connectivity index (χ3v) is 3.44. The van der Waals surface area contributed by atoms with Crippen LogP contribution in [0.15, 0.2) is 47.4 Å². The van der Waals surface area contributed by atoms with Gasteiger partial charge in [0.1, 0.15) is 12.4 Å². The summed E-state index contributed by atoms with van der Waals surface area (Å²) in [5.74, 6) is -1.45. The van der Waals surface area contributed by atoms with Crippen LogP contribution in [0.5, 0.6) is 0 Å². The minimum absolute atomic E-state index is 0.0281. The minimum atomic E-state index is -1.12. The number of benzodiazepines with no additional fused rings is 1. The molecular weight excluding hydrogens is 291 g/mol. The average Bonchev–Trinajstić information content (AvgIpc) is 2.70. The molecule has 1 amide bonds. The number of aliphatic imine (C=N–C) groups is 1. The highest BCUT2D eigenvalue weighted by Crippen LogP contribution is 2.29. The van der Waals surface area contributed by atoms with Gasteiger partial charge in [0.25, 0.3) is 0 Å². The molecule has 0 radical (unpaired) electrons. The number of carbonyl (C=O) groups is 1. The van der Waals surface area contributed by atoms with E-state index in [1.165, 1.54) is 11.0 Å². The van der Waals surface area contributed by atoms with Gasteiger partial charge < -0.3 is 4.90 Å². The summed E-state index contributed by atoms with van der Waals surface area (Å²) in [7, 11) is 1.55. The molecule has 1 aliphatic heterocycles. The zero-order valence-corrected chi connectivity index (χ0v) is 11.8. The minimum Gasteiger partial charge on any atom is -0.313 e. The summed E-state index contributed by atoms with van der Waals surface area (Å²) in [6.07, 6.45) is 0. The van der Waals surface area contributed by atoms with Crippen LogP contribution in [0.3, 0.4) is 0 Å². The van der Waals surface area contributed by atoms with Gasteiger partial charge in [-0.2, -0.15) is 0 Å². The summed E-state index contributed by atoms with van der Waals surface area (Å²) in [6, 6.07) is 2.07. The van der Waals surface area contributed by atoms with Gasteiger partial charge in [-0.25, -0.2) is 4.39 Å². The van der Waals surface area contributed by atoms with Crippen LogP contribution in [0.25, 0.3) is 0 Å². The molecule has 0 aliphatic carbocycles. The fourth-order valence-corrected chi connectivity index (χ4v) is 2.31. The van der Waals surface area contributed by atoms with Gasteiger partial charge in [0.2, 0.25) is 5.91 Å². The topological polar surface area (TPSA) is 32.7 Å². The number of hydrogen-bond donors (Lipinski definition) is 0. The third kappa shape index (κ3) is 2.43. The van der Waals surface area contributed by atoms with E-state index in [1.807, 2.05) is 0 Å². The van der Waals surface area contributed by atoms with Crippen LogP contribution in [-0.2, 0) is 4.79 Å². The van der Waals surface area contributed by atoms with E-state index in [1.54, 1.807) is 19.2 Å². The van der Waals surface area contributed by atoms with Crippen LogP contribution in [0.1, 0.15) is 16.6 Å². The SMILES string of the molecule is [2H]c1c([2H])c([2H])c(C2=NCC(=O)N(C)c3ccc(Cl)cc32)c(F)c1[2H]. The first-order valence-corrected chi connectivity index (χ1v) is 6.49. The zero-order chi connectivity index (χ0) is 18.5. The Kier molecular flexibility index (Phi) is 2.44. The van der Waals surface area contributed by atoms with Gasteiger partial charge in [-0.15, -0.1) is 0 Å². The van der Waals surface area contributed by atoms with E-state index >= 15 is 0 Å². The van der Waals surface area contributed by atoms with Crippen molar-refractivity contribution in [2.24, 2.45) is 4.99 Å². The second kappa shape index (κ2) is 5.30. The lowest BCUT2D eigenvalue weighted by atomic mass is 10.00. The predicted octanol–water partition coefficient (Wildman–Crippen LogP) is 3.29. The van der Waals surface area contributed by atoms with Crippen molar-refractivity contribution in [2.75, 3.05) is 18.5 Å². The highest BCUT2D eigenvalue weighted by atomic mass is 35.5. The molecule has 0 saturated heterocycles. The Balaban J connectivity index is 2.38. The Morgan fingerprint density at radius 2 is 2.10 bits per heavy atom. The summed E-state index contributed by atoms with van der Waals surface area (Å²) in [5.41, 5.74) is 0.347. The summed E-state index contributed by atoms with van der Waals surface area (Å²) in [5, 5.41) is 0.329. The van der Waals surface area contributed by atoms with E-state index < -0.39 is 30.0 Å². The standard InChI is InChI=1S/C16H12ClFN2O/c1-20-14-7-6-10(17)8-12(14)16(19-9-15(20)21)11-4-2-3-5-13(11)18/h2-8H,9H2,1H3/i2D,3D,4D,5D. The van der Waals surface area contributed by atoms with Gasteiger partial charge in [0.05, 0.1) is 16.9 Å². The van der Waals surface area contributed by atoms with Crippen LogP contribution in [-0.4, -0.2) is 25.2 Å². The largest absolute Gasteiger partial charge is 0.313 e. The van der Waals surface area contributed by atoms with Crippen molar-refractivity contribution in [3.05, 3.63) is 64.3 Å². The maximum Gasteiger partial charge on any atom is 0.248 e. The van der Waals surface area contributed by atoms with Gasteiger partial charge in [-0.05, 0) is 30.3 Å². The first kappa shape index (κ1) is 9.68.